The fourth-order valence-electron chi connectivity index (χ4n) is 4.36. The van der Waals surface area contributed by atoms with E-state index >= 15 is 0 Å². The van der Waals surface area contributed by atoms with Gasteiger partial charge in [-0.25, -0.2) is 0 Å². The standard InChI is InChI=1S/C18H24N2O3/c1-22-10-14-16(12-7-9-23-17(12)14)20-18(21)13-6-2-4-11-5-3-8-19-15(11)13/h2,4,6,12,14,16-17,19H,3,5,7-10H2,1H3,(H,20,21)/t12-,14+,16+,17-/m0/s1. The minimum absolute atomic E-state index is 0.0210. The third-order valence-corrected chi connectivity index (χ3v) is 5.50. The van der Waals surface area contributed by atoms with Gasteiger partial charge in [-0.2, -0.15) is 0 Å². The van der Waals surface area contributed by atoms with E-state index in [9.17, 15) is 4.79 Å². The van der Waals surface area contributed by atoms with Crippen molar-refractivity contribution in [1.82, 2.24) is 5.32 Å². The van der Waals surface area contributed by atoms with Crippen LogP contribution in [0.3, 0.4) is 0 Å². The molecule has 4 rings (SSSR count). The van der Waals surface area contributed by atoms with Crippen molar-refractivity contribution in [2.45, 2.75) is 31.4 Å². The summed E-state index contributed by atoms with van der Waals surface area (Å²) in [6, 6.07) is 6.17. The van der Waals surface area contributed by atoms with Crippen molar-refractivity contribution in [1.29, 1.82) is 0 Å². The number of fused-ring (bicyclic) bond motifs is 2. The lowest BCUT2D eigenvalue weighted by atomic mass is 9.67. The molecule has 0 bridgehead atoms. The normalized spacial score (nSPS) is 31.5. The van der Waals surface area contributed by atoms with Crippen molar-refractivity contribution in [3.8, 4) is 0 Å². The maximum absolute atomic E-state index is 12.8. The highest BCUT2D eigenvalue weighted by Gasteiger charge is 2.54. The quantitative estimate of drug-likeness (QED) is 0.890. The highest BCUT2D eigenvalue weighted by Crippen LogP contribution is 2.44. The third-order valence-electron chi connectivity index (χ3n) is 5.50. The van der Waals surface area contributed by atoms with E-state index in [2.05, 4.69) is 16.7 Å². The molecule has 1 aliphatic carbocycles. The van der Waals surface area contributed by atoms with Crippen LogP contribution in [0.25, 0.3) is 0 Å². The molecule has 2 aliphatic heterocycles. The molecular weight excluding hydrogens is 292 g/mol. The van der Waals surface area contributed by atoms with Gasteiger partial charge >= 0.3 is 0 Å². The van der Waals surface area contributed by atoms with E-state index in [1.165, 1.54) is 5.56 Å². The van der Waals surface area contributed by atoms with Gasteiger partial charge in [0.15, 0.2) is 0 Å². The van der Waals surface area contributed by atoms with E-state index < -0.39 is 0 Å². The zero-order valence-corrected chi connectivity index (χ0v) is 13.5. The van der Waals surface area contributed by atoms with Crippen LogP contribution in [0.1, 0.15) is 28.8 Å². The lowest BCUT2D eigenvalue weighted by Crippen LogP contribution is -2.62. The van der Waals surface area contributed by atoms with Gasteiger partial charge in [0, 0.05) is 38.1 Å². The number of para-hydroxylation sites is 1. The Morgan fingerprint density at radius 1 is 1.48 bits per heavy atom. The summed E-state index contributed by atoms with van der Waals surface area (Å²) in [5.41, 5.74) is 3.02. The van der Waals surface area contributed by atoms with Gasteiger partial charge in [-0.15, -0.1) is 0 Å². The molecule has 1 saturated heterocycles. The molecule has 0 radical (unpaired) electrons. The number of methoxy groups -OCH3 is 1. The van der Waals surface area contributed by atoms with Crippen LogP contribution in [0, 0.1) is 11.8 Å². The molecule has 3 aliphatic rings. The number of benzene rings is 1. The van der Waals surface area contributed by atoms with Crippen molar-refractivity contribution in [3.05, 3.63) is 29.3 Å². The van der Waals surface area contributed by atoms with E-state index in [4.69, 9.17) is 9.47 Å². The van der Waals surface area contributed by atoms with Gasteiger partial charge in [0.05, 0.1) is 24.0 Å². The van der Waals surface area contributed by atoms with Crippen molar-refractivity contribution < 1.29 is 14.3 Å². The van der Waals surface area contributed by atoms with Crippen LogP contribution in [0.4, 0.5) is 5.69 Å². The van der Waals surface area contributed by atoms with Crippen LogP contribution in [0.2, 0.25) is 0 Å². The lowest BCUT2D eigenvalue weighted by molar-refractivity contribution is -0.0809. The van der Waals surface area contributed by atoms with Gasteiger partial charge in [-0.05, 0) is 30.9 Å². The Morgan fingerprint density at radius 3 is 3.26 bits per heavy atom. The number of aryl methyl sites for hydroxylation is 1. The molecule has 23 heavy (non-hydrogen) atoms. The Balaban J connectivity index is 1.52. The summed E-state index contributed by atoms with van der Waals surface area (Å²) in [4.78, 5) is 12.8. The number of hydrogen-bond donors (Lipinski definition) is 2. The summed E-state index contributed by atoms with van der Waals surface area (Å²) in [5, 5.41) is 6.64. The number of nitrogens with one attached hydrogen (secondary N) is 2. The lowest BCUT2D eigenvalue weighted by Gasteiger charge is -2.47. The Bertz CT molecular complexity index is 604. The van der Waals surface area contributed by atoms with Crippen LogP contribution in [0.5, 0.6) is 0 Å². The first-order valence-corrected chi connectivity index (χ1v) is 8.57. The predicted octanol–water partition coefficient (Wildman–Crippen LogP) is 1.82. The molecule has 1 aromatic rings. The first-order chi connectivity index (χ1) is 11.3. The van der Waals surface area contributed by atoms with Gasteiger partial charge < -0.3 is 20.1 Å². The Kier molecular flexibility index (Phi) is 3.99. The van der Waals surface area contributed by atoms with Gasteiger partial charge in [0.25, 0.3) is 5.91 Å². The van der Waals surface area contributed by atoms with Crippen molar-refractivity contribution in [2.75, 3.05) is 32.2 Å². The monoisotopic (exact) mass is 316 g/mol. The second-order valence-electron chi connectivity index (χ2n) is 6.78. The fourth-order valence-corrected chi connectivity index (χ4v) is 4.36. The Morgan fingerprint density at radius 2 is 2.39 bits per heavy atom. The first-order valence-electron chi connectivity index (χ1n) is 8.57. The van der Waals surface area contributed by atoms with E-state index in [0.29, 0.717) is 12.5 Å². The van der Waals surface area contributed by atoms with Gasteiger partial charge in [-0.3, -0.25) is 4.79 Å². The summed E-state index contributed by atoms with van der Waals surface area (Å²) in [5.74, 6) is 0.725. The zero-order chi connectivity index (χ0) is 15.8. The number of ether oxygens (including phenoxy) is 2. The fraction of sp³-hybridized carbons (Fsp3) is 0.611. The summed E-state index contributed by atoms with van der Waals surface area (Å²) >= 11 is 0. The second-order valence-corrected chi connectivity index (χ2v) is 6.78. The molecule has 124 valence electrons. The molecule has 5 nitrogen and oxygen atoms in total. The van der Waals surface area contributed by atoms with Gasteiger partial charge in [0.1, 0.15) is 0 Å². The summed E-state index contributed by atoms with van der Waals surface area (Å²) in [6.45, 7) is 2.37. The summed E-state index contributed by atoms with van der Waals surface area (Å²) in [7, 11) is 1.71. The summed E-state index contributed by atoms with van der Waals surface area (Å²) in [6.07, 6.45) is 3.44. The number of carbonyl (C=O) groups is 1. The number of hydrogen-bond acceptors (Lipinski definition) is 4. The predicted molar refractivity (Wildman–Crippen MR) is 87.7 cm³/mol. The molecule has 0 aromatic heterocycles. The maximum atomic E-state index is 12.8. The highest BCUT2D eigenvalue weighted by atomic mass is 16.5. The van der Waals surface area contributed by atoms with Crippen molar-refractivity contribution >= 4 is 11.6 Å². The number of rotatable bonds is 4. The van der Waals surface area contributed by atoms with E-state index in [-0.39, 0.29) is 24.0 Å². The van der Waals surface area contributed by atoms with Gasteiger partial charge in [0.2, 0.25) is 0 Å². The third kappa shape index (κ3) is 2.52. The zero-order valence-electron chi connectivity index (χ0n) is 13.5. The number of carbonyl (C=O) groups excluding carboxylic acids is 1. The van der Waals surface area contributed by atoms with Crippen molar-refractivity contribution in [2.24, 2.45) is 11.8 Å². The van der Waals surface area contributed by atoms with Crippen LogP contribution in [0.15, 0.2) is 18.2 Å². The summed E-state index contributed by atoms with van der Waals surface area (Å²) < 4.78 is 11.1. The molecule has 1 amide bonds. The van der Waals surface area contributed by atoms with Gasteiger partial charge in [-0.1, -0.05) is 12.1 Å². The minimum atomic E-state index is 0.0210. The molecule has 2 N–H and O–H groups in total. The molecule has 1 aromatic carbocycles. The highest BCUT2D eigenvalue weighted by molar-refractivity contribution is 6.00. The number of amides is 1. The Labute approximate surface area is 136 Å². The number of anilines is 1. The van der Waals surface area contributed by atoms with Crippen LogP contribution in [-0.4, -0.2) is 44.9 Å². The smallest absolute Gasteiger partial charge is 0.253 e. The molecule has 2 fully saturated rings. The minimum Gasteiger partial charge on any atom is -0.384 e. The molecule has 0 spiro atoms. The second kappa shape index (κ2) is 6.13. The topological polar surface area (TPSA) is 59.6 Å². The molecule has 5 heteroatoms. The van der Waals surface area contributed by atoms with Crippen LogP contribution >= 0.6 is 0 Å². The molecular formula is C18H24N2O3. The van der Waals surface area contributed by atoms with E-state index in [0.717, 1.165) is 43.7 Å². The van der Waals surface area contributed by atoms with E-state index in [1.54, 1.807) is 7.11 Å². The SMILES string of the molecule is COC[C@@H]1[C@H](NC(=O)c2cccc3c2NCCC3)[C@@H]2CCO[C@H]12. The molecule has 2 heterocycles. The largest absolute Gasteiger partial charge is 0.384 e. The molecule has 0 unspecified atom stereocenters. The molecule has 4 atom stereocenters. The first kappa shape index (κ1) is 15.0. The van der Waals surface area contributed by atoms with Crippen molar-refractivity contribution in [3.63, 3.8) is 0 Å². The average Bonchev–Trinajstić information content (AvgIpc) is 3.01. The Hall–Kier alpha value is -1.59. The molecule has 1 saturated carbocycles. The maximum Gasteiger partial charge on any atom is 0.253 e. The van der Waals surface area contributed by atoms with Crippen LogP contribution in [-0.2, 0) is 15.9 Å². The van der Waals surface area contributed by atoms with E-state index in [1.807, 2.05) is 12.1 Å². The average molecular weight is 316 g/mol. The van der Waals surface area contributed by atoms with Crippen LogP contribution < -0.4 is 10.6 Å².